The van der Waals surface area contributed by atoms with Crippen molar-refractivity contribution >= 4 is 33.4 Å². The molecule has 0 aliphatic rings. The van der Waals surface area contributed by atoms with Crippen molar-refractivity contribution < 1.29 is 14.3 Å². The van der Waals surface area contributed by atoms with E-state index in [4.69, 9.17) is 0 Å². The van der Waals surface area contributed by atoms with Gasteiger partial charge in [0.05, 0.1) is 15.9 Å². The summed E-state index contributed by atoms with van der Waals surface area (Å²) in [5, 5.41) is 9.96. The number of carboxylic acid groups (broad SMARTS) is 1. The predicted molar refractivity (Wildman–Crippen MR) is 90.9 cm³/mol. The first kappa shape index (κ1) is 17.8. The van der Waals surface area contributed by atoms with Gasteiger partial charge in [-0.3, -0.25) is 0 Å². The van der Waals surface area contributed by atoms with Crippen LogP contribution in [0, 0.1) is 11.4 Å². The first-order chi connectivity index (χ1) is 10.7. The molecule has 0 aromatic carbocycles. The number of hydrogen-bond donors (Lipinski definition) is 1. The van der Waals surface area contributed by atoms with E-state index in [1.165, 1.54) is 22.4 Å². The monoisotopic (exact) mass is 401 g/mol. The summed E-state index contributed by atoms with van der Waals surface area (Å²) in [6, 6.07) is 3.23. The van der Waals surface area contributed by atoms with E-state index < -0.39 is 12.0 Å². The van der Waals surface area contributed by atoms with E-state index in [1.807, 2.05) is 20.8 Å². The van der Waals surface area contributed by atoms with Crippen LogP contribution in [0.15, 0.2) is 22.1 Å². The van der Waals surface area contributed by atoms with E-state index in [0.717, 1.165) is 0 Å². The van der Waals surface area contributed by atoms with E-state index in [-0.39, 0.29) is 12.0 Å². The molecule has 0 saturated heterocycles. The fraction of sp³-hybridized carbons (Fsp3) is 0.400. The van der Waals surface area contributed by atoms with Crippen LogP contribution < -0.4 is 0 Å². The quantitative estimate of drug-likeness (QED) is 0.758. The molecule has 0 unspecified atom stereocenters. The van der Waals surface area contributed by atoms with Crippen LogP contribution in [-0.4, -0.2) is 32.6 Å². The summed E-state index contributed by atoms with van der Waals surface area (Å²) < 4.78 is 14.5. The number of pyridine rings is 1. The Hall–Kier alpha value is -1.54. The van der Waals surface area contributed by atoms with Crippen molar-refractivity contribution in [3.63, 3.8) is 0 Å². The minimum atomic E-state index is -1.000. The molecule has 124 valence electrons. The van der Waals surface area contributed by atoms with Crippen LogP contribution in [0.25, 0.3) is 11.3 Å². The average Bonchev–Trinajstić information content (AvgIpc) is 2.77. The zero-order chi connectivity index (χ0) is 17.2. The Labute approximate surface area is 146 Å². The van der Waals surface area contributed by atoms with Crippen molar-refractivity contribution in [3.05, 3.63) is 33.1 Å². The van der Waals surface area contributed by atoms with Crippen molar-refractivity contribution in [1.29, 1.82) is 0 Å². The number of carbonyl (C=O) groups is 1. The second-order valence-corrected chi connectivity index (χ2v) is 8.67. The van der Waals surface area contributed by atoms with Crippen molar-refractivity contribution in [3.8, 4) is 11.3 Å². The number of rotatable bonds is 4. The maximum Gasteiger partial charge on any atom is 0.407 e. The minimum absolute atomic E-state index is 0.162. The largest absolute Gasteiger partial charge is 0.465 e. The number of halogens is 2. The van der Waals surface area contributed by atoms with E-state index in [2.05, 4.69) is 25.9 Å². The third-order valence-electron chi connectivity index (χ3n) is 2.91. The van der Waals surface area contributed by atoms with Gasteiger partial charge in [0.25, 0.3) is 0 Å². The predicted octanol–water partition coefficient (Wildman–Crippen LogP) is 4.63. The van der Waals surface area contributed by atoms with Crippen LogP contribution >= 0.6 is 27.3 Å². The van der Waals surface area contributed by atoms with Gasteiger partial charge in [-0.2, -0.15) is 4.39 Å². The van der Waals surface area contributed by atoms with E-state index in [9.17, 15) is 14.3 Å². The van der Waals surface area contributed by atoms with Crippen LogP contribution in [0.2, 0.25) is 0 Å². The highest BCUT2D eigenvalue weighted by molar-refractivity contribution is 9.11. The molecule has 0 aliphatic heterocycles. The summed E-state index contributed by atoms with van der Waals surface area (Å²) in [4.78, 5) is 20.7. The second-order valence-electron chi connectivity index (χ2n) is 6.27. The highest BCUT2D eigenvalue weighted by atomic mass is 79.9. The highest BCUT2D eigenvalue weighted by Crippen LogP contribution is 2.34. The first-order valence-electron chi connectivity index (χ1n) is 6.91. The lowest BCUT2D eigenvalue weighted by Gasteiger charge is -2.26. The lowest BCUT2D eigenvalue weighted by molar-refractivity contribution is 0.123. The van der Waals surface area contributed by atoms with Crippen molar-refractivity contribution in [2.75, 3.05) is 6.54 Å². The normalized spacial score (nSPS) is 11.5. The molecule has 2 aromatic heterocycles. The van der Waals surface area contributed by atoms with Gasteiger partial charge in [0, 0.05) is 12.7 Å². The van der Waals surface area contributed by atoms with Crippen LogP contribution in [0.4, 0.5) is 9.18 Å². The van der Waals surface area contributed by atoms with Gasteiger partial charge in [-0.05, 0) is 33.5 Å². The molecule has 8 heteroatoms. The number of thiazole rings is 1. The van der Waals surface area contributed by atoms with Gasteiger partial charge < -0.3 is 10.0 Å². The summed E-state index contributed by atoms with van der Waals surface area (Å²) in [6.07, 6.45) is 0.371. The fourth-order valence-electron chi connectivity index (χ4n) is 2.07. The Balaban J connectivity index is 2.27. The number of amides is 1. The molecule has 5 nitrogen and oxygen atoms in total. The molecule has 2 aromatic rings. The molecule has 1 amide bonds. The van der Waals surface area contributed by atoms with Gasteiger partial charge >= 0.3 is 6.09 Å². The molecule has 1 N–H and O–H groups in total. The number of hydrogen-bond acceptors (Lipinski definition) is 4. The molecule has 2 rings (SSSR count). The lowest BCUT2D eigenvalue weighted by atomic mass is 9.96. The van der Waals surface area contributed by atoms with E-state index in [1.54, 1.807) is 12.1 Å². The van der Waals surface area contributed by atoms with Gasteiger partial charge in [0.2, 0.25) is 5.95 Å². The smallest absolute Gasteiger partial charge is 0.407 e. The van der Waals surface area contributed by atoms with Crippen LogP contribution in [-0.2, 0) is 6.54 Å². The molecule has 0 aliphatic carbocycles. The maximum atomic E-state index is 13.8. The molecular weight excluding hydrogens is 385 g/mol. The lowest BCUT2D eigenvalue weighted by Crippen LogP contribution is -2.36. The zero-order valence-electron chi connectivity index (χ0n) is 13.0. The van der Waals surface area contributed by atoms with Crippen LogP contribution in [0.5, 0.6) is 0 Å². The van der Waals surface area contributed by atoms with Crippen LogP contribution in [0.1, 0.15) is 25.8 Å². The molecule has 0 radical (unpaired) electrons. The zero-order valence-corrected chi connectivity index (χ0v) is 15.4. The third kappa shape index (κ3) is 4.71. The summed E-state index contributed by atoms with van der Waals surface area (Å²) in [5.74, 6) is -0.602. The maximum absolute atomic E-state index is 13.8. The standard InChI is InChI=1S/C15H17BrFN3O2S/c1-15(2,3)8-20(14(21)22)7-10-19-11(12(16)23-10)9-5-4-6-18-13(9)17/h4-6H,7-8H2,1-3H3,(H,21,22). The first-order valence-corrected chi connectivity index (χ1v) is 8.52. The van der Waals surface area contributed by atoms with Gasteiger partial charge in [-0.15, -0.1) is 11.3 Å². The van der Waals surface area contributed by atoms with Crippen LogP contribution in [0.3, 0.4) is 0 Å². The van der Waals surface area contributed by atoms with Crippen molar-refractivity contribution in [1.82, 2.24) is 14.9 Å². The number of aromatic nitrogens is 2. The minimum Gasteiger partial charge on any atom is -0.465 e. The molecular formula is C15H17BrFN3O2S. The molecule has 0 bridgehead atoms. The number of nitrogens with zero attached hydrogens (tertiary/aromatic N) is 3. The Morgan fingerprint density at radius 2 is 2.17 bits per heavy atom. The average molecular weight is 402 g/mol. The van der Waals surface area contributed by atoms with Gasteiger partial charge in [0.15, 0.2) is 0 Å². The molecule has 0 fully saturated rings. The van der Waals surface area contributed by atoms with E-state index in [0.29, 0.717) is 26.6 Å². The summed E-state index contributed by atoms with van der Waals surface area (Å²) in [6.45, 7) is 6.46. The summed E-state index contributed by atoms with van der Waals surface area (Å²) in [5.41, 5.74) is 0.571. The van der Waals surface area contributed by atoms with Crippen molar-refractivity contribution in [2.24, 2.45) is 5.41 Å². The van der Waals surface area contributed by atoms with E-state index >= 15 is 0 Å². The fourth-order valence-corrected chi connectivity index (χ4v) is 3.75. The second kappa shape index (κ2) is 6.92. The van der Waals surface area contributed by atoms with Gasteiger partial charge in [0.1, 0.15) is 10.7 Å². The molecule has 2 heterocycles. The molecule has 23 heavy (non-hydrogen) atoms. The third-order valence-corrected chi connectivity index (χ3v) is 4.60. The SMILES string of the molecule is CC(C)(C)CN(Cc1nc(-c2cccnc2F)c(Br)s1)C(=O)O. The highest BCUT2D eigenvalue weighted by Gasteiger charge is 2.23. The van der Waals surface area contributed by atoms with Gasteiger partial charge in [-0.1, -0.05) is 20.8 Å². The Morgan fingerprint density at radius 3 is 2.74 bits per heavy atom. The Bertz CT molecular complexity index is 715. The molecule has 0 spiro atoms. The molecule has 0 saturated carbocycles. The summed E-state index contributed by atoms with van der Waals surface area (Å²) in [7, 11) is 0. The molecule has 0 atom stereocenters. The summed E-state index contributed by atoms with van der Waals surface area (Å²) >= 11 is 4.67. The van der Waals surface area contributed by atoms with Crippen molar-refractivity contribution in [2.45, 2.75) is 27.3 Å². The van der Waals surface area contributed by atoms with Gasteiger partial charge in [-0.25, -0.2) is 14.8 Å². The Kier molecular flexibility index (Phi) is 5.36. The Morgan fingerprint density at radius 1 is 1.48 bits per heavy atom. The topological polar surface area (TPSA) is 66.3 Å².